The Kier molecular flexibility index (Phi) is 6.62. The van der Waals surface area contributed by atoms with Gasteiger partial charge in [-0.25, -0.2) is 9.97 Å². The van der Waals surface area contributed by atoms with E-state index in [9.17, 15) is 9.59 Å². The Bertz CT molecular complexity index is 964. The molecule has 2 heterocycles. The lowest BCUT2D eigenvalue weighted by Crippen LogP contribution is -2.21. The molecule has 0 saturated carbocycles. The number of carbonyl (C=O) groups excluding carboxylic acids is 2. The second-order valence-electron chi connectivity index (χ2n) is 6.04. The molecule has 10 heteroatoms. The van der Waals surface area contributed by atoms with E-state index >= 15 is 0 Å². The van der Waals surface area contributed by atoms with Crippen LogP contribution in [0.4, 0.5) is 23.3 Å². The second-order valence-corrected chi connectivity index (χ2v) is 6.04. The Hall–Kier alpha value is -4.34. The Morgan fingerprint density at radius 2 is 1.17 bits per heavy atom. The van der Waals surface area contributed by atoms with Crippen LogP contribution in [0.2, 0.25) is 0 Å². The minimum absolute atomic E-state index is 0.235. The van der Waals surface area contributed by atoms with Gasteiger partial charge >= 0.3 is 0 Å². The third-order valence-corrected chi connectivity index (χ3v) is 3.62. The highest BCUT2D eigenvalue weighted by Gasteiger charge is 2.08. The molecule has 1 aromatic carbocycles. The van der Waals surface area contributed by atoms with Crippen molar-refractivity contribution in [3.63, 3.8) is 0 Å². The Morgan fingerprint density at radius 1 is 0.733 bits per heavy atom. The van der Waals surface area contributed by atoms with Crippen LogP contribution in [0.25, 0.3) is 0 Å². The number of carbonyl (C=O) groups is 2. The highest BCUT2D eigenvalue weighted by Crippen LogP contribution is 2.19. The van der Waals surface area contributed by atoms with Gasteiger partial charge < -0.3 is 31.6 Å². The summed E-state index contributed by atoms with van der Waals surface area (Å²) in [5.41, 5.74) is 11.1. The van der Waals surface area contributed by atoms with Crippen LogP contribution in [0.15, 0.2) is 60.7 Å². The fraction of sp³-hybridized carbons (Fsp3) is 0.100. The maximum atomic E-state index is 12.0. The van der Waals surface area contributed by atoms with Crippen LogP contribution in [-0.4, -0.2) is 35.0 Å². The number of aromatic nitrogens is 2. The molecule has 0 fully saturated rings. The lowest BCUT2D eigenvalue weighted by molar-refractivity contribution is -0.118. The average molecular weight is 408 g/mol. The first-order valence-corrected chi connectivity index (χ1v) is 8.88. The quantitative estimate of drug-likeness (QED) is 0.439. The van der Waals surface area contributed by atoms with E-state index in [1.54, 1.807) is 60.7 Å². The van der Waals surface area contributed by atoms with Crippen molar-refractivity contribution in [1.82, 2.24) is 9.97 Å². The number of anilines is 4. The fourth-order valence-electron chi connectivity index (χ4n) is 2.35. The monoisotopic (exact) mass is 408 g/mol. The first-order valence-electron chi connectivity index (χ1n) is 8.88. The van der Waals surface area contributed by atoms with Crippen LogP contribution in [0.1, 0.15) is 0 Å². The second kappa shape index (κ2) is 9.73. The molecule has 2 amide bonds. The molecule has 0 aliphatic rings. The largest absolute Gasteiger partial charge is 0.484 e. The topological polar surface area (TPSA) is 154 Å². The van der Waals surface area contributed by atoms with E-state index in [0.29, 0.717) is 34.8 Å². The molecule has 0 spiro atoms. The Labute approximate surface area is 172 Å². The lowest BCUT2D eigenvalue weighted by Gasteiger charge is -2.10. The standard InChI is InChI=1S/C20H20N6O4/c21-15-6-2-8-17(23-15)25-19(27)11-29-13-4-1-5-14(10-13)30-12-20(28)26-18-9-3-7-16(22)24-18/h1-10H,11-12H2,(H3,21,23,25,27)(H3,22,24,26,28). The molecule has 0 saturated heterocycles. The predicted molar refractivity (Wildman–Crippen MR) is 112 cm³/mol. The maximum absolute atomic E-state index is 12.0. The van der Waals surface area contributed by atoms with Crippen molar-refractivity contribution in [2.24, 2.45) is 0 Å². The van der Waals surface area contributed by atoms with Gasteiger partial charge in [-0.1, -0.05) is 18.2 Å². The van der Waals surface area contributed by atoms with E-state index < -0.39 is 11.8 Å². The van der Waals surface area contributed by atoms with Crippen LogP contribution in [0.5, 0.6) is 11.5 Å². The van der Waals surface area contributed by atoms with Gasteiger partial charge in [0.05, 0.1) is 0 Å². The van der Waals surface area contributed by atoms with Crippen molar-refractivity contribution in [3.05, 3.63) is 60.7 Å². The van der Waals surface area contributed by atoms with E-state index in [2.05, 4.69) is 20.6 Å². The van der Waals surface area contributed by atoms with Crippen LogP contribution in [0.3, 0.4) is 0 Å². The summed E-state index contributed by atoms with van der Waals surface area (Å²) in [6, 6.07) is 16.4. The van der Waals surface area contributed by atoms with Crippen molar-refractivity contribution >= 4 is 35.1 Å². The predicted octanol–water partition coefficient (Wildman–Crippen LogP) is 1.68. The number of amides is 2. The molecule has 2 aromatic heterocycles. The summed E-state index contributed by atoms with van der Waals surface area (Å²) >= 11 is 0. The summed E-state index contributed by atoms with van der Waals surface area (Å²) in [7, 11) is 0. The normalized spacial score (nSPS) is 10.1. The summed E-state index contributed by atoms with van der Waals surface area (Å²) in [6.07, 6.45) is 0. The molecule has 0 radical (unpaired) electrons. The number of pyridine rings is 2. The zero-order valence-electron chi connectivity index (χ0n) is 15.9. The number of nitrogens with zero attached hydrogens (tertiary/aromatic N) is 2. The van der Waals surface area contributed by atoms with Crippen molar-refractivity contribution < 1.29 is 19.1 Å². The number of nitrogen functional groups attached to an aromatic ring is 2. The molecule has 10 nitrogen and oxygen atoms in total. The summed E-state index contributed by atoms with van der Waals surface area (Å²) in [6.45, 7) is -0.469. The number of benzene rings is 1. The van der Waals surface area contributed by atoms with Crippen molar-refractivity contribution in [2.75, 3.05) is 35.3 Å². The molecule has 0 unspecified atom stereocenters. The molecule has 154 valence electrons. The molecular formula is C20H20N6O4. The van der Waals surface area contributed by atoms with E-state index in [1.807, 2.05) is 0 Å². The van der Waals surface area contributed by atoms with Crippen molar-refractivity contribution in [1.29, 1.82) is 0 Å². The SMILES string of the molecule is Nc1cccc(NC(=O)COc2cccc(OCC(=O)Nc3cccc(N)n3)c2)n1. The van der Waals surface area contributed by atoms with Crippen molar-refractivity contribution in [2.45, 2.75) is 0 Å². The molecule has 0 aliphatic heterocycles. The van der Waals surface area contributed by atoms with E-state index in [0.717, 1.165) is 0 Å². The Morgan fingerprint density at radius 3 is 1.60 bits per heavy atom. The van der Waals surface area contributed by atoms with Gasteiger partial charge in [-0.3, -0.25) is 9.59 Å². The number of nitrogens with one attached hydrogen (secondary N) is 2. The summed E-state index contributed by atoms with van der Waals surface area (Å²) in [4.78, 5) is 31.9. The Balaban J connectivity index is 1.47. The molecular weight excluding hydrogens is 388 g/mol. The van der Waals surface area contributed by atoms with Crippen LogP contribution in [-0.2, 0) is 9.59 Å². The first kappa shape index (κ1) is 20.4. The number of hydrogen-bond donors (Lipinski definition) is 4. The van der Waals surface area contributed by atoms with Gasteiger partial charge in [0.2, 0.25) is 0 Å². The number of rotatable bonds is 8. The van der Waals surface area contributed by atoms with Crippen LogP contribution in [0, 0.1) is 0 Å². The van der Waals surface area contributed by atoms with E-state index in [1.165, 1.54) is 0 Å². The number of nitrogens with two attached hydrogens (primary N) is 2. The van der Waals surface area contributed by atoms with Gasteiger partial charge in [0.15, 0.2) is 13.2 Å². The van der Waals surface area contributed by atoms with Gasteiger partial charge in [0, 0.05) is 6.07 Å². The highest BCUT2D eigenvalue weighted by molar-refractivity contribution is 5.91. The maximum Gasteiger partial charge on any atom is 0.263 e. The molecule has 0 aliphatic carbocycles. The molecule has 6 N–H and O–H groups in total. The molecule has 0 atom stereocenters. The smallest absolute Gasteiger partial charge is 0.263 e. The van der Waals surface area contributed by atoms with Crippen LogP contribution < -0.4 is 31.6 Å². The van der Waals surface area contributed by atoms with Gasteiger partial charge in [0.25, 0.3) is 11.8 Å². The van der Waals surface area contributed by atoms with Gasteiger partial charge in [0.1, 0.15) is 34.8 Å². The minimum Gasteiger partial charge on any atom is -0.484 e. The summed E-state index contributed by atoms with van der Waals surface area (Å²) in [5, 5.41) is 5.16. The third-order valence-electron chi connectivity index (χ3n) is 3.62. The van der Waals surface area contributed by atoms with E-state index in [-0.39, 0.29) is 13.2 Å². The lowest BCUT2D eigenvalue weighted by atomic mass is 10.3. The number of hydrogen-bond acceptors (Lipinski definition) is 8. The summed E-state index contributed by atoms with van der Waals surface area (Å²) < 4.78 is 10.9. The highest BCUT2D eigenvalue weighted by atomic mass is 16.5. The molecule has 3 aromatic rings. The summed E-state index contributed by atoms with van der Waals surface area (Å²) in [5.74, 6) is 1.29. The van der Waals surface area contributed by atoms with Crippen molar-refractivity contribution in [3.8, 4) is 11.5 Å². The molecule has 3 rings (SSSR count). The van der Waals surface area contributed by atoms with Crippen LogP contribution >= 0.6 is 0 Å². The average Bonchev–Trinajstić information content (AvgIpc) is 2.71. The third kappa shape index (κ3) is 6.37. The van der Waals surface area contributed by atoms with Gasteiger partial charge in [-0.15, -0.1) is 0 Å². The molecule has 0 bridgehead atoms. The first-order chi connectivity index (χ1) is 14.5. The zero-order chi connectivity index (χ0) is 21.3. The van der Waals surface area contributed by atoms with E-state index in [4.69, 9.17) is 20.9 Å². The van der Waals surface area contributed by atoms with Gasteiger partial charge in [-0.05, 0) is 36.4 Å². The fourth-order valence-corrected chi connectivity index (χ4v) is 2.35. The zero-order valence-corrected chi connectivity index (χ0v) is 15.9. The minimum atomic E-state index is -0.395. The van der Waals surface area contributed by atoms with Gasteiger partial charge in [-0.2, -0.15) is 0 Å². The number of ether oxygens (including phenoxy) is 2. The molecule has 30 heavy (non-hydrogen) atoms.